The Hall–Kier alpha value is -2.56. The van der Waals surface area contributed by atoms with Crippen molar-refractivity contribution >= 4 is 5.91 Å². The third-order valence-electron chi connectivity index (χ3n) is 5.64. The maximum absolute atomic E-state index is 13.4. The van der Waals surface area contributed by atoms with Gasteiger partial charge in [-0.05, 0) is 24.5 Å². The van der Waals surface area contributed by atoms with Gasteiger partial charge in [0, 0.05) is 45.0 Å². The molecule has 142 valence electrons. The van der Waals surface area contributed by atoms with Crippen molar-refractivity contribution < 1.29 is 4.79 Å². The van der Waals surface area contributed by atoms with E-state index in [0.717, 1.165) is 50.4 Å². The maximum atomic E-state index is 13.4. The lowest BCUT2D eigenvalue weighted by molar-refractivity contribution is -0.138. The number of carbonyl (C=O) groups is 1. The minimum absolute atomic E-state index is 0.0894. The first-order valence-corrected chi connectivity index (χ1v) is 9.65. The number of carbonyl (C=O) groups excluding carboxylic acids is 1. The molecule has 3 N–H and O–H groups in total. The van der Waals surface area contributed by atoms with E-state index >= 15 is 0 Å². The molecule has 0 aliphatic carbocycles. The zero-order valence-electron chi connectivity index (χ0n) is 15.5. The molecule has 1 aromatic rings. The van der Waals surface area contributed by atoms with Crippen LogP contribution in [0.2, 0.25) is 0 Å². The van der Waals surface area contributed by atoms with Crippen LogP contribution >= 0.6 is 0 Å². The largest absolute Gasteiger partial charge is 0.360 e. The predicted molar refractivity (Wildman–Crippen MR) is 102 cm³/mol. The molecular weight excluding hydrogens is 340 g/mol. The van der Waals surface area contributed by atoms with Gasteiger partial charge < -0.3 is 20.9 Å². The number of piperidine rings is 1. The number of nitriles is 1. The summed E-state index contributed by atoms with van der Waals surface area (Å²) >= 11 is 0. The van der Waals surface area contributed by atoms with Gasteiger partial charge in [-0.1, -0.05) is 18.2 Å². The average Bonchev–Trinajstić information content (AvgIpc) is 2.70. The summed E-state index contributed by atoms with van der Waals surface area (Å²) in [5.41, 5.74) is 7.69. The Morgan fingerprint density at radius 2 is 2.15 bits per heavy atom. The Bertz CT molecular complexity index is 785. The van der Waals surface area contributed by atoms with E-state index < -0.39 is 0 Å². The van der Waals surface area contributed by atoms with E-state index in [1.165, 1.54) is 0 Å². The minimum Gasteiger partial charge on any atom is -0.360 e. The molecule has 0 saturated carbocycles. The topological polar surface area (TPSA) is 88.6 Å². The Morgan fingerprint density at radius 3 is 2.96 bits per heavy atom. The van der Waals surface area contributed by atoms with E-state index in [4.69, 9.17) is 5.73 Å². The summed E-state index contributed by atoms with van der Waals surface area (Å²) in [7, 11) is 0. The predicted octanol–water partition coefficient (Wildman–Crippen LogP) is 0.396. The number of fused-ring (bicyclic) bond motifs is 1. The monoisotopic (exact) mass is 366 g/mol. The van der Waals surface area contributed by atoms with Crippen LogP contribution in [0.4, 0.5) is 0 Å². The van der Waals surface area contributed by atoms with Crippen molar-refractivity contribution in [3.63, 3.8) is 0 Å². The number of nitrogens with zero attached hydrogens (tertiary/aromatic N) is 4. The van der Waals surface area contributed by atoms with E-state index in [9.17, 15) is 10.1 Å². The summed E-state index contributed by atoms with van der Waals surface area (Å²) in [6.07, 6.45) is 4.17. The number of rotatable bonds is 3. The number of hydrogen-bond acceptors (Lipinski definition) is 6. The fourth-order valence-electron chi connectivity index (χ4n) is 4.18. The van der Waals surface area contributed by atoms with Crippen LogP contribution in [0.3, 0.4) is 0 Å². The van der Waals surface area contributed by atoms with Crippen LogP contribution in [0.1, 0.15) is 24.0 Å². The van der Waals surface area contributed by atoms with E-state index in [1.807, 2.05) is 23.1 Å². The Morgan fingerprint density at radius 1 is 1.30 bits per heavy atom. The summed E-state index contributed by atoms with van der Waals surface area (Å²) in [5.74, 6) is 1.01. The summed E-state index contributed by atoms with van der Waals surface area (Å²) < 4.78 is 0. The van der Waals surface area contributed by atoms with Crippen molar-refractivity contribution in [2.75, 3.05) is 32.7 Å². The van der Waals surface area contributed by atoms with Gasteiger partial charge in [-0.15, -0.1) is 0 Å². The SMILES string of the molecule is N#Cc1ccccc1CN1C(=O)C2CNCCN2C=C1N1CCCC(N)C1. The molecule has 3 aliphatic rings. The molecule has 2 fully saturated rings. The number of nitrogens with one attached hydrogen (secondary N) is 1. The zero-order valence-corrected chi connectivity index (χ0v) is 15.5. The third-order valence-corrected chi connectivity index (χ3v) is 5.64. The van der Waals surface area contributed by atoms with Gasteiger partial charge in [0.05, 0.1) is 18.2 Å². The van der Waals surface area contributed by atoms with Crippen molar-refractivity contribution in [2.45, 2.75) is 31.5 Å². The number of likely N-dealkylation sites (tertiary alicyclic amines) is 1. The van der Waals surface area contributed by atoms with E-state index in [-0.39, 0.29) is 18.0 Å². The number of amides is 1. The second-order valence-electron chi connectivity index (χ2n) is 7.49. The van der Waals surface area contributed by atoms with Crippen molar-refractivity contribution in [1.29, 1.82) is 5.26 Å². The molecule has 0 aromatic heterocycles. The number of benzene rings is 1. The highest BCUT2D eigenvalue weighted by molar-refractivity contribution is 5.85. The average molecular weight is 366 g/mol. The molecule has 0 bridgehead atoms. The molecule has 0 radical (unpaired) electrons. The summed E-state index contributed by atoms with van der Waals surface area (Å²) in [6.45, 7) is 4.42. The van der Waals surface area contributed by atoms with Gasteiger partial charge in [-0.25, -0.2) is 0 Å². The summed E-state index contributed by atoms with van der Waals surface area (Å²) in [5, 5.41) is 12.8. The highest BCUT2D eigenvalue weighted by Crippen LogP contribution is 2.27. The number of nitrogens with two attached hydrogens (primary N) is 1. The van der Waals surface area contributed by atoms with Crippen LogP contribution in [0.15, 0.2) is 36.3 Å². The smallest absolute Gasteiger partial charge is 0.252 e. The molecule has 7 heteroatoms. The van der Waals surface area contributed by atoms with Gasteiger partial charge in [-0.2, -0.15) is 5.26 Å². The van der Waals surface area contributed by atoms with Crippen LogP contribution < -0.4 is 11.1 Å². The van der Waals surface area contributed by atoms with Crippen molar-refractivity contribution in [3.8, 4) is 6.07 Å². The quantitative estimate of drug-likeness (QED) is 0.805. The van der Waals surface area contributed by atoms with Crippen LogP contribution in [-0.2, 0) is 11.3 Å². The van der Waals surface area contributed by atoms with Gasteiger partial charge >= 0.3 is 0 Å². The molecular formula is C20H26N6O. The van der Waals surface area contributed by atoms with Gasteiger partial charge in [-0.3, -0.25) is 9.69 Å². The van der Waals surface area contributed by atoms with Crippen LogP contribution in [0.25, 0.3) is 0 Å². The van der Waals surface area contributed by atoms with E-state index in [2.05, 4.69) is 27.4 Å². The molecule has 7 nitrogen and oxygen atoms in total. The normalized spacial score (nSPS) is 25.7. The molecule has 3 aliphatic heterocycles. The Kier molecular flexibility index (Phi) is 5.01. The molecule has 2 saturated heterocycles. The molecule has 1 amide bonds. The fourth-order valence-corrected chi connectivity index (χ4v) is 4.18. The standard InChI is InChI=1S/C20H26N6O/c21-10-15-4-1-2-5-16(15)12-26-19(25-8-3-6-17(22)13-25)14-24-9-7-23-11-18(24)20(26)27/h1-2,4-5,14,17-18,23H,3,6-9,11-13,22H2. The molecule has 1 aromatic carbocycles. The van der Waals surface area contributed by atoms with Crippen LogP contribution in [-0.4, -0.2) is 65.4 Å². The van der Waals surface area contributed by atoms with E-state index in [1.54, 1.807) is 6.07 Å². The molecule has 2 unspecified atom stereocenters. The number of piperazine rings is 1. The van der Waals surface area contributed by atoms with Gasteiger partial charge in [0.15, 0.2) is 0 Å². The van der Waals surface area contributed by atoms with Crippen LogP contribution in [0, 0.1) is 11.3 Å². The molecule has 3 heterocycles. The van der Waals surface area contributed by atoms with Crippen molar-refractivity contribution in [3.05, 3.63) is 47.4 Å². The first kappa shape index (κ1) is 17.8. The minimum atomic E-state index is -0.185. The first-order valence-electron chi connectivity index (χ1n) is 9.65. The van der Waals surface area contributed by atoms with Crippen molar-refractivity contribution in [2.24, 2.45) is 5.73 Å². The highest BCUT2D eigenvalue weighted by Gasteiger charge is 2.39. The lowest BCUT2D eigenvalue weighted by atomic mass is 10.0. The highest BCUT2D eigenvalue weighted by atomic mass is 16.2. The maximum Gasteiger partial charge on any atom is 0.252 e. The summed E-state index contributed by atoms with van der Waals surface area (Å²) in [6, 6.07) is 9.69. The van der Waals surface area contributed by atoms with E-state index in [0.29, 0.717) is 18.7 Å². The zero-order chi connectivity index (χ0) is 18.8. The van der Waals surface area contributed by atoms with Crippen molar-refractivity contribution in [1.82, 2.24) is 20.0 Å². The van der Waals surface area contributed by atoms with Gasteiger partial charge in [0.2, 0.25) is 0 Å². The Balaban J connectivity index is 1.68. The van der Waals surface area contributed by atoms with Crippen LogP contribution in [0.5, 0.6) is 0 Å². The summed E-state index contributed by atoms with van der Waals surface area (Å²) in [4.78, 5) is 19.6. The lowest BCUT2D eigenvalue weighted by Crippen LogP contribution is -2.61. The molecule has 0 spiro atoms. The van der Waals surface area contributed by atoms with Gasteiger partial charge in [0.25, 0.3) is 5.91 Å². The molecule has 4 rings (SSSR count). The first-order chi connectivity index (χ1) is 13.2. The fraction of sp³-hybridized carbons (Fsp3) is 0.500. The second kappa shape index (κ2) is 7.59. The third kappa shape index (κ3) is 3.51. The molecule has 27 heavy (non-hydrogen) atoms. The Labute approximate surface area is 160 Å². The van der Waals surface area contributed by atoms with Gasteiger partial charge in [0.1, 0.15) is 11.9 Å². The molecule has 2 atom stereocenters. The second-order valence-corrected chi connectivity index (χ2v) is 7.49. The lowest BCUT2D eigenvalue weighted by Gasteiger charge is -2.47. The number of hydrogen-bond donors (Lipinski definition) is 2.